The molecule has 21 heavy (non-hydrogen) atoms. The lowest BCUT2D eigenvalue weighted by Crippen LogP contribution is -2.23. The summed E-state index contributed by atoms with van der Waals surface area (Å²) in [6, 6.07) is 3.15. The van der Waals surface area contributed by atoms with Crippen molar-refractivity contribution in [1.29, 1.82) is 0 Å². The zero-order valence-electron chi connectivity index (χ0n) is 11.6. The molecule has 0 unspecified atom stereocenters. The van der Waals surface area contributed by atoms with Crippen LogP contribution in [0.2, 0.25) is 0 Å². The summed E-state index contributed by atoms with van der Waals surface area (Å²) < 4.78 is 0.612. The van der Waals surface area contributed by atoms with Gasteiger partial charge in [-0.25, -0.2) is 0 Å². The molecule has 0 spiro atoms. The van der Waals surface area contributed by atoms with Crippen molar-refractivity contribution in [3.8, 4) is 5.75 Å². The zero-order chi connectivity index (χ0) is 15.2. The lowest BCUT2D eigenvalue weighted by atomic mass is 10.1. The maximum Gasteiger partial charge on any atom is 0.305 e. The summed E-state index contributed by atoms with van der Waals surface area (Å²) in [6.07, 6.45) is 0.211. The molecular formula is C14H19N2O3S2. The summed E-state index contributed by atoms with van der Waals surface area (Å²) in [6.45, 7) is 5.01. The van der Waals surface area contributed by atoms with Crippen LogP contribution < -0.4 is 10.2 Å². The number of hydrogen-bond donors (Lipinski definition) is 4. The van der Waals surface area contributed by atoms with E-state index >= 15 is 0 Å². The van der Waals surface area contributed by atoms with Crippen molar-refractivity contribution < 1.29 is 10.2 Å². The Hall–Kier alpha value is -1.02. The van der Waals surface area contributed by atoms with Gasteiger partial charge in [0, 0.05) is 24.4 Å². The van der Waals surface area contributed by atoms with Crippen molar-refractivity contribution >= 4 is 33.3 Å². The summed E-state index contributed by atoms with van der Waals surface area (Å²) in [4.78, 5) is 13.8. The second kappa shape index (κ2) is 7.84. The molecule has 0 aliphatic heterocycles. The van der Waals surface area contributed by atoms with E-state index in [0.717, 1.165) is 35.8 Å². The molecule has 0 amide bonds. The highest BCUT2D eigenvalue weighted by Crippen LogP contribution is 2.31. The smallest absolute Gasteiger partial charge is 0.305 e. The molecule has 2 rings (SSSR count). The van der Waals surface area contributed by atoms with Crippen molar-refractivity contribution in [1.82, 2.24) is 10.3 Å². The minimum Gasteiger partial charge on any atom is -0.506 e. The number of phenols is 1. The molecule has 0 aliphatic carbocycles. The number of aliphatic hydroxyl groups is 1. The van der Waals surface area contributed by atoms with Crippen molar-refractivity contribution in [3.05, 3.63) is 34.3 Å². The first-order valence-electron chi connectivity index (χ1n) is 6.74. The number of thiazole rings is 1. The number of aliphatic hydroxyl groups excluding tert-OH is 1. The van der Waals surface area contributed by atoms with Crippen LogP contribution in [0.1, 0.15) is 18.1 Å². The molecule has 5 nitrogen and oxygen atoms in total. The van der Waals surface area contributed by atoms with Gasteiger partial charge >= 0.3 is 4.87 Å². The van der Waals surface area contributed by atoms with E-state index in [1.165, 1.54) is 6.07 Å². The van der Waals surface area contributed by atoms with E-state index in [0.29, 0.717) is 22.3 Å². The van der Waals surface area contributed by atoms with Gasteiger partial charge in [0.15, 0.2) is 0 Å². The van der Waals surface area contributed by atoms with Crippen molar-refractivity contribution in [2.45, 2.75) is 12.5 Å². The fourth-order valence-electron chi connectivity index (χ4n) is 2.00. The summed E-state index contributed by atoms with van der Waals surface area (Å²) in [5.74, 6) is 2.04. The molecule has 1 aromatic carbocycles. The van der Waals surface area contributed by atoms with Gasteiger partial charge in [-0.1, -0.05) is 24.3 Å². The highest BCUT2D eigenvalue weighted by atomic mass is 32.2. The summed E-state index contributed by atoms with van der Waals surface area (Å²) in [5, 5.41) is 23.2. The van der Waals surface area contributed by atoms with Gasteiger partial charge in [0.1, 0.15) is 11.3 Å². The zero-order valence-corrected chi connectivity index (χ0v) is 13.2. The van der Waals surface area contributed by atoms with Crippen molar-refractivity contribution in [2.75, 3.05) is 24.6 Å². The van der Waals surface area contributed by atoms with Crippen LogP contribution >= 0.6 is 23.1 Å². The van der Waals surface area contributed by atoms with Crippen LogP contribution in [0.25, 0.3) is 10.2 Å². The Labute approximate surface area is 131 Å². The maximum absolute atomic E-state index is 11.4. The largest absolute Gasteiger partial charge is 0.506 e. The second-order valence-corrected chi connectivity index (χ2v) is 6.79. The van der Waals surface area contributed by atoms with Gasteiger partial charge in [0.05, 0.1) is 10.8 Å². The molecule has 1 atom stereocenters. The van der Waals surface area contributed by atoms with E-state index in [4.69, 9.17) is 0 Å². The molecule has 0 aliphatic rings. The number of rotatable bonds is 8. The molecule has 7 heteroatoms. The van der Waals surface area contributed by atoms with Gasteiger partial charge in [-0.2, -0.15) is 11.8 Å². The number of fused-ring (bicyclic) bond motifs is 1. The highest BCUT2D eigenvalue weighted by molar-refractivity contribution is 7.99. The summed E-state index contributed by atoms with van der Waals surface area (Å²) in [7, 11) is 0. The number of benzene rings is 1. The Morgan fingerprint density at radius 1 is 1.43 bits per heavy atom. The molecule has 0 fully saturated rings. The second-order valence-electron chi connectivity index (χ2n) is 4.58. The van der Waals surface area contributed by atoms with E-state index in [1.54, 1.807) is 6.07 Å². The lowest BCUT2D eigenvalue weighted by Gasteiger charge is -2.13. The number of phenolic OH excluding ortho intramolecular Hbond substituents is 1. The van der Waals surface area contributed by atoms with E-state index in [1.807, 2.05) is 11.8 Å². The van der Waals surface area contributed by atoms with Gasteiger partial charge in [-0.3, -0.25) is 4.79 Å². The molecular weight excluding hydrogens is 308 g/mol. The van der Waals surface area contributed by atoms with E-state index in [2.05, 4.69) is 17.2 Å². The quantitative estimate of drug-likeness (QED) is 0.556. The molecule has 115 valence electrons. The first-order chi connectivity index (χ1) is 10.1. The number of thioether (sulfide) groups is 1. The molecule has 4 N–H and O–H groups in total. The third-order valence-corrected chi connectivity index (χ3v) is 5.00. The van der Waals surface area contributed by atoms with Crippen molar-refractivity contribution in [2.24, 2.45) is 0 Å². The molecule has 0 bridgehead atoms. The highest BCUT2D eigenvalue weighted by Gasteiger charge is 2.15. The SMILES string of the molecule is [CH2]CCSCCNC[C@@H](O)c1ccc(O)c2[nH]c(=O)sc12. The minimum absolute atomic E-state index is 0.0248. The fraction of sp³-hybridized carbons (Fsp3) is 0.429. The van der Waals surface area contributed by atoms with Gasteiger partial charge in [-0.05, 0) is 18.2 Å². The van der Waals surface area contributed by atoms with Gasteiger partial charge in [0.2, 0.25) is 0 Å². The monoisotopic (exact) mass is 327 g/mol. The number of aromatic nitrogens is 1. The van der Waals surface area contributed by atoms with Crippen LogP contribution in [0.4, 0.5) is 0 Å². The molecule has 1 aromatic heterocycles. The Bertz CT molecular complexity index is 639. The summed E-state index contributed by atoms with van der Waals surface area (Å²) in [5.41, 5.74) is 1.05. The lowest BCUT2D eigenvalue weighted by molar-refractivity contribution is 0.177. The van der Waals surface area contributed by atoms with E-state index in [-0.39, 0.29) is 10.6 Å². The third kappa shape index (κ3) is 4.23. The van der Waals surface area contributed by atoms with Crippen molar-refractivity contribution in [3.63, 3.8) is 0 Å². The average molecular weight is 327 g/mol. The molecule has 1 radical (unpaired) electrons. The van der Waals surface area contributed by atoms with Gasteiger partial charge < -0.3 is 20.5 Å². The summed E-state index contributed by atoms with van der Waals surface area (Å²) >= 11 is 2.83. The topological polar surface area (TPSA) is 85.3 Å². The molecule has 0 saturated carbocycles. The van der Waals surface area contributed by atoms with E-state index in [9.17, 15) is 15.0 Å². The Morgan fingerprint density at radius 3 is 3.00 bits per heavy atom. The van der Waals surface area contributed by atoms with E-state index < -0.39 is 6.10 Å². The van der Waals surface area contributed by atoms with Gasteiger partial charge in [-0.15, -0.1) is 0 Å². The first kappa shape index (κ1) is 16.4. The number of aromatic amines is 1. The van der Waals surface area contributed by atoms with Gasteiger partial charge in [0.25, 0.3) is 0 Å². The molecule has 0 saturated heterocycles. The number of hydrogen-bond acceptors (Lipinski definition) is 6. The third-order valence-electron chi connectivity index (χ3n) is 3.00. The van der Waals surface area contributed by atoms with Crippen LogP contribution in [0.5, 0.6) is 5.75 Å². The predicted octanol–water partition coefficient (Wildman–Crippen LogP) is 1.88. The molecule has 2 aromatic rings. The van der Waals surface area contributed by atoms with Crippen LogP contribution in [-0.4, -0.2) is 39.8 Å². The van der Waals surface area contributed by atoms with Crippen LogP contribution in [0.3, 0.4) is 0 Å². The Balaban J connectivity index is 1.98. The minimum atomic E-state index is -0.711. The predicted molar refractivity (Wildman–Crippen MR) is 89.2 cm³/mol. The van der Waals surface area contributed by atoms with Crippen LogP contribution in [0, 0.1) is 6.92 Å². The normalized spacial score (nSPS) is 12.9. The Kier molecular flexibility index (Phi) is 6.10. The van der Waals surface area contributed by atoms with Crippen LogP contribution in [-0.2, 0) is 0 Å². The Morgan fingerprint density at radius 2 is 2.24 bits per heavy atom. The maximum atomic E-state index is 11.4. The number of nitrogens with one attached hydrogen (secondary N) is 2. The number of aromatic hydroxyl groups is 1. The van der Waals surface area contributed by atoms with Crippen LogP contribution in [0.15, 0.2) is 16.9 Å². The fourth-order valence-corrected chi connectivity index (χ4v) is 3.61. The standard InChI is InChI=1S/C14H19N2O3S2/c1-2-6-20-7-5-15-8-11(18)9-3-4-10(17)12-13(9)21-14(19)16-12/h3-4,11,15,17-18H,1-2,5-8H2,(H,16,19)/t11-/m1/s1. The molecule has 1 heterocycles. The first-order valence-corrected chi connectivity index (χ1v) is 8.71. The number of H-pyrrole nitrogens is 1. The average Bonchev–Trinajstić information content (AvgIpc) is 2.85.